The molecule has 8 nitrogen and oxygen atoms in total. The molecule has 2 rings (SSSR count). The van der Waals surface area contributed by atoms with Crippen molar-refractivity contribution in [2.24, 2.45) is 4.99 Å². The predicted molar refractivity (Wildman–Crippen MR) is 126 cm³/mol. The van der Waals surface area contributed by atoms with Crippen molar-refractivity contribution in [3.05, 3.63) is 23.8 Å². The Morgan fingerprint density at radius 3 is 2.54 bits per heavy atom. The Balaban J connectivity index is 0.00000392. The summed E-state index contributed by atoms with van der Waals surface area (Å²) in [5, 5.41) is 6.23. The first-order valence-electron chi connectivity index (χ1n) is 8.71. The van der Waals surface area contributed by atoms with Gasteiger partial charge in [-0.25, -0.2) is 12.7 Å². The lowest BCUT2D eigenvalue weighted by molar-refractivity contribution is 0.390. The minimum absolute atomic E-state index is 0. The van der Waals surface area contributed by atoms with Crippen LogP contribution >= 0.6 is 35.7 Å². The number of nitrogens with zero attached hydrogens (tertiary/aromatic N) is 2. The molecule has 0 atom stereocenters. The van der Waals surface area contributed by atoms with E-state index in [2.05, 4.69) is 15.6 Å². The van der Waals surface area contributed by atoms with Gasteiger partial charge in [0, 0.05) is 56.4 Å². The first-order chi connectivity index (χ1) is 13.0. The van der Waals surface area contributed by atoms with Crippen LogP contribution in [0.15, 0.2) is 23.2 Å². The summed E-state index contributed by atoms with van der Waals surface area (Å²) in [6.07, 6.45) is 0. The summed E-state index contributed by atoms with van der Waals surface area (Å²) in [4.78, 5) is 4.14. The molecular weight excluding hydrogens is 515 g/mol. The number of thioether (sulfide) groups is 1. The lowest BCUT2D eigenvalue weighted by Crippen LogP contribution is -2.44. The van der Waals surface area contributed by atoms with Gasteiger partial charge < -0.3 is 20.1 Å². The van der Waals surface area contributed by atoms with Crippen LogP contribution in [0.25, 0.3) is 0 Å². The van der Waals surface area contributed by atoms with Crippen molar-refractivity contribution < 1.29 is 17.9 Å². The van der Waals surface area contributed by atoms with Crippen molar-refractivity contribution in [3.63, 3.8) is 0 Å². The Hall–Kier alpha value is -0.920. The van der Waals surface area contributed by atoms with Gasteiger partial charge in [0.2, 0.25) is 10.0 Å². The number of benzene rings is 1. The van der Waals surface area contributed by atoms with Crippen LogP contribution in [0.3, 0.4) is 0 Å². The number of rotatable bonds is 8. The van der Waals surface area contributed by atoms with Crippen LogP contribution in [0.4, 0.5) is 0 Å². The zero-order chi connectivity index (χ0) is 19.7. The van der Waals surface area contributed by atoms with Crippen molar-refractivity contribution >= 4 is 51.7 Å². The third-order valence-electron chi connectivity index (χ3n) is 4.18. The fraction of sp³-hybridized carbons (Fsp3) is 0.588. The number of ether oxygens (including phenoxy) is 2. The van der Waals surface area contributed by atoms with Gasteiger partial charge in [0.05, 0.1) is 20.0 Å². The number of hydrogen-bond acceptors (Lipinski definition) is 6. The number of sulfonamides is 1. The largest absolute Gasteiger partial charge is 0.497 e. The Morgan fingerprint density at radius 1 is 1.21 bits per heavy atom. The van der Waals surface area contributed by atoms with Crippen LogP contribution < -0.4 is 20.1 Å². The van der Waals surface area contributed by atoms with Crippen molar-refractivity contribution in [1.29, 1.82) is 0 Å². The van der Waals surface area contributed by atoms with Gasteiger partial charge in [-0.2, -0.15) is 11.8 Å². The van der Waals surface area contributed by atoms with E-state index >= 15 is 0 Å². The number of guanidine groups is 1. The van der Waals surface area contributed by atoms with Crippen molar-refractivity contribution in [3.8, 4) is 11.5 Å². The Bertz CT molecular complexity index is 741. The zero-order valence-corrected chi connectivity index (χ0v) is 20.4. The first-order valence-corrected chi connectivity index (χ1v) is 11.5. The normalized spacial score (nSPS) is 15.5. The summed E-state index contributed by atoms with van der Waals surface area (Å²) < 4.78 is 36.9. The molecule has 1 aromatic rings. The Morgan fingerprint density at radius 2 is 1.93 bits per heavy atom. The summed E-state index contributed by atoms with van der Waals surface area (Å²) in [7, 11) is 1.63. The fourth-order valence-electron chi connectivity index (χ4n) is 2.65. The topological polar surface area (TPSA) is 92.3 Å². The molecule has 1 heterocycles. The molecule has 160 valence electrons. The SMILES string of the molecule is CN=C(NCCS(=O)(=O)N1CCSCC1)NCc1ccc(OC)cc1OC.I. The van der Waals surface area contributed by atoms with Crippen molar-refractivity contribution in [2.45, 2.75) is 6.54 Å². The molecule has 2 N–H and O–H groups in total. The summed E-state index contributed by atoms with van der Waals surface area (Å²) in [6, 6.07) is 5.59. The van der Waals surface area contributed by atoms with E-state index in [-0.39, 0.29) is 29.7 Å². The molecule has 0 aromatic heterocycles. The molecule has 1 aliphatic heterocycles. The first kappa shape index (κ1) is 25.1. The molecule has 0 saturated carbocycles. The van der Waals surface area contributed by atoms with Gasteiger partial charge in [-0.1, -0.05) is 0 Å². The van der Waals surface area contributed by atoms with Gasteiger partial charge in [-0.05, 0) is 12.1 Å². The number of nitrogens with one attached hydrogen (secondary N) is 2. The van der Waals surface area contributed by atoms with Crippen LogP contribution in [0.2, 0.25) is 0 Å². The number of hydrogen-bond donors (Lipinski definition) is 2. The van der Waals surface area contributed by atoms with E-state index < -0.39 is 10.0 Å². The maximum atomic E-state index is 12.4. The molecule has 0 aliphatic carbocycles. The van der Waals surface area contributed by atoms with Gasteiger partial charge in [0.1, 0.15) is 11.5 Å². The highest BCUT2D eigenvalue weighted by Gasteiger charge is 2.23. The molecule has 1 aliphatic rings. The second-order valence-corrected chi connectivity index (χ2v) is 9.17. The standard InChI is InChI=1S/C17H28N4O4S2.HI/c1-18-17(19-6-11-27(22,23)21-7-9-26-10-8-21)20-13-14-4-5-15(24-2)12-16(14)25-3;/h4-5,12H,6-11,13H2,1-3H3,(H2,18,19,20);1H. The molecular formula is C17H29IN4O4S2. The minimum Gasteiger partial charge on any atom is -0.497 e. The average molecular weight is 544 g/mol. The van der Waals surface area contributed by atoms with E-state index in [0.717, 1.165) is 22.8 Å². The second kappa shape index (κ2) is 12.6. The van der Waals surface area contributed by atoms with E-state index in [4.69, 9.17) is 9.47 Å². The summed E-state index contributed by atoms with van der Waals surface area (Å²) >= 11 is 1.79. The van der Waals surface area contributed by atoms with Crippen molar-refractivity contribution in [2.75, 3.05) is 58.2 Å². The highest BCUT2D eigenvalue weighted by molar-refractivity contribution is 14.0. The van der Waals surface area contributed by atoms with Gasteiger partial charge in [0.15, 0.2) is 5.96 Å². The highest BCUT2D eigenvalue weighted by Crippen LogP contribution is 2.24. The van der Waals surface area contributed by atoms with E-state index in [1.807, 2.05) is 18.2 Å². The zero-order valence-electron chi connectivity index (χ0n) is 16.4. The Kier molecular flexibility index (Phi) is 11.3. The van der Waals surface area contributed by atoms with Crippen LogP contribution in [0.1, 0.15) is 5.56 Å². The van der Waals surface area contributed by atoms with E-state index in [9.17, 15) is 8.42 Å². The van der Waals surface area contributed by atoms with Crippen LogP contribution in [0, 0.1) is 0 Å². The van der Waals surface area contributed by atoms with Gasteiger partial charge in [-0.15, -0.1) is 24.0 Å². The van der Waals surface area contributed by atoms with E-state index in [0.29, 0.717) is 37.9 Å². The molecule has 0 amide bonds. The summed E-state index contributed by atoms with van der Waals surface area (Å²) in [6.45, 7) is 1.98. The summed E-state index contributed by atoms with van der Waals surface area (Å²) in [5.41, 5.74) is 0.944. The molecule has 0 spiro atoms. The molecule has 28 heavy (non-hydrogen) atoms. The maximum absolute atomic E-state index is 12.4. The molecule has 1 fully saturated rings. The molecule has 1 saturated heterocycles. The second-order valence-electron chi connectivity index (χ2n) is 5.86. The lowest BCUT2D eigenvalue weighted by Gasteiger charge is -2.25. The quantitative estimate of drug-likeness (QED) is 0.290. The number of methoxy groups -OCH3 is 2. The third-order valence-corrected chi connectivity index (χ3v) is 6.99. The number of halogens is 1. The third kappa shape index (κ3) is 7.48. The van der Waals surface area contributed by atoms with Crippen LogP contribution in [0.5, 0.6) is 11.5 Å². The maximum Gasteiger partial charge on any atom is 0.215 e. The highest BCUT2D eigenvalue weighted by atomic mass is 127. The molecule has 1 aromatic carbocycles. The summed E-state index contributed by atoms with van der Waals surface area (Å²) in [5.74, 6) is 3.74. The predicted octanol–water partition coefficient (Wildman–Crippen LogP) is 1.37. The smallest absolute Gasteiger partial charge is 0.215 e. The van der Waals surface area contributed by atoms with E-state index in [1.54, 1.807) is 37.3 Å². The number of aliphatic imine (C=N–C) groups is 1. The average Bonchev–Trinajstić information content (AvgIpc) is 2.71. The lowest BCUT2D eigenvalue weighted by atomic mass is 10.2. The molecule has 0 radical (unpaired) electrons. The minimum atomic E-state index is -3.23. The van der Waals surface area contributed by atoms with Gasteiger partial charge in [-0.3, -0.25) is 4.99 Å². The van der Waals surface area contributed by atoms with Crippen LogP contribution in [-0.2, 0) is 16.6 Å². The fourth-order valence-corrected chi connectivity index (χ4v) is 5.14. The van der Waals surface area contributed by atoms with Crippen molar-refractivity contribution in [1.82, 2.24) is 14.9 Å². The van der Waals surface area contributed by atoms with Crippen LogP contribution in [-0.4, -0.2) is 76.8 Å². The molecule has 0 bridgehead atoms. The van der Waals surface area contributed by atoms with Gasteiger partial charge >= 0.3 is 0 Å². The molecule has 0 unspecified atom stereocenters. The monoisotopic (exact) mass is 544 g/mol. The van der Waals surface area contributed by atoms with E-state index in [1.165, 1.54) is 0 Å². The Labute approximate surface area is 188 Å². The molecule has 11 heteroatoms. The van der Waals surface area contributed by atoms with Gasteiger partial charge in [0.25, 0.3) is 0 Å².